The number of nitrogens with zero attached hydrogens (tertiary/aromatic N) is 1. The summed E-state index contributed by atoms with van der Waals surface area (Å²) in [5.74, 6) is 0.0995. The maximum Gasteiger partial charge on any atom is 0.239 e. The molecule has 2 rings (SSSR count). The van der Waals surface area contributed by atoms with Crippen LogP contribution in [-0.2, 0) is 9.53 Å². The molecule has 17 heavy (non-hydrogen) atoms. The van der Waals surface area contributed by atoms with Crippen molar-refractivity contribution in [3.05, 3.63) is 0 Å². The highest BCUT2D eigenvalue weighted by atomic mass is 16.5. The van der Waals surface area contributed by atoms with Gasteiger partial charge in [-0.3, -0.25) is 4.79 Å². The fourth-order valence-corrected chi connectivity index (χ4v) is 2.59. The van der Waals surface area contributed by atoms with Crippen molar-refractivity contribution in [2.45, 2.75) is 37.3 Å². The molecule has 0 aromatic heterocycles. The molecule has 0 aliphatic carbocycles. The molecule has 5 heteroatoms. The molecule has 0 unspecified atom stereocenters. The summed E-state index contributed by atoms with van der Waals surface area (Å²) in [6.45, 7) is 2.50. The fraction of sp³-hybridized carbons (Fsp3) is 0.917. The van der Waals surface area contributed by atoms with Crippen LogP contribution in [0.25, 0.3) is 0 Å². The van der Waals surface area contributed by atoms with Crippen LogP contribution in [-0.4, -0.2) is 60.9 Å². The first kappa shape index (κ1) is 12.8. The predicted molar refractivity (Wildman–Crippen MR) is 63.7 cm³/mol. The Morgan fingerprint density at radius 2 is 2.24 bits per heavy atom. The van der Waals surface area contributed by atoms with Crippen molar-refractivity contribution in [2.75, 3.05) is 33.4 Å². The summed E-state index contributed by atoms with van der Waals surface area (Å²) >= 11 is 0. The van der Waals surface area contributed by atoms with Crippen LogP contribution in [0.2, 0.25) is 0 Å². The van der Waals surface area contributed by atoms with Crippen molar-refractivity contribution in [2.24, 2.45) is 0 Å². The van der Waals surface area contributed by atoms with Crippen molar-refractivity contribution in [1.82, 2.24) is 10.2 Å². The molecule has 98 valence electrons. The molecule has 0 saturated carbocycles. The zero-order valence-corrected chi connectivity index (χ0v) is 10.4. The van der Waals surface area contributed by atoms with E-state index in [1.165, 1.54) is 0 Å². The summed E-state index contributed by atoms with van der Waals surface area (Å²) < 4.78 is 5.23. The Kier molecular flexibility index (Phi) is 4.01. The van der Waals surface area contributed by atoms with Crippen molar-refractivity contribution in [3.63, 3.8) is 0 Å². The lowest BCUT2D eigenvalue weighted by Crippen LogP contribution is -2.50. The Morgan fingerprint density at radius 3 is 2.82 bits per heavy atom. The van der Waals surface area contributed by atoms with E-state index in [9.17, 15) is 9.90 Å². The number of ether oxygens (including phenoxy) is 1. The summed E-state index contributed by atoms with van der Waals surface area (Å²) in [5.41, 5.74) is -0.763. The highest BCUT2D eigenvalue weighted by Crippen LogP contribution is 2.22. The van der Waals surface area contributed by atoms with Crippen LogP contribution in [0.1, 0.15) is 25.7 Å². The van der Waals surface area contributed by atoms with Gasteiger partial charge in [-0.25, -0.2) is 0 Å². The quantitative estimate of drug-likeness (QED) is 0.716. The lowest BCUT2D eigenvalue weighted by atomic mass is 9.93. The molecule has 1 amide bonds. The van der Waals surface area contributed by atoms with E-state index in [-0.39, 0.29) is 11.9 Å². The predicted octanol–water partition coefficient (Wildman–Crippen LogP) is -0.262. The molecule has 0 aromatic rings. The van der Waals surface area contributed by atoms with Gasteiger partial charge >= 0.3 is 0 Å². The van der Waals surface area contributed by atoms with Crippen LogP contribution in [0.5, 0.6) is 0 Å². The summed E-state index contributed by atoms with van der Waals surface area (Å²) in [6.07, 6.45) is 3.19. The zero-order chi connectivity index (χ0) is 12.3. The van der Waals surface area contributed by atoms with Crippen molar-refractivity contribution in [1.29, 1.82) is 0 Å². The maximum atomic E-state index is 12.1. The Morgan fingerprint density at radius 1 is 1.53 bits per heavy atom. The van der Waals surface area contributed by atoms with Gasteiger partial charge in [0.25, 0.3) is 0 Å². The number of carbonyl (C=O) groups excluding carboxylic acids is 1. The molecule has 1 atom stereocenters. The molecule has 5 nitrogen and oxygen atoms in total. The normalized spacial score (nSPS) is 28.0. The molecule has 2 saturated heterocycles. The SMILES string of the molecule is CN(CC1(O)CCOCC1)C(=O)[C@@H]1CCCN1. The van der Waals surface area contributed by atoms with Crippen molar-refractivity contribution in [3.8, 4) is 0 Å². The molecule has 0 radical (unpaired) electrons. The number of hydrogen-bond donors (Lipinski definition) is 2. The van der Waals surface area contributed by atoms with Gasteiger partial charge in [0.15, 0.2) is 0 Å². The smallest absolute Gasteiger partial charge is 0.239 e. The minimum atomic E-state index is -0.763. The van der Waals surface area contributed by atoms with Gasteiger partial charge in [0.1, 0.15) is 0 Å². The minimum absolute atomic E-state index is 0.0524. The first-order chi connectivity index (χ1) is 8.11. The van der Waals surface area contributed by atoms with Crippen molar-refractivity contribution >= 4 is 5.91 Å². The molecule has 0 aromatic carbocycles. The van der Waals surface area contributed by atoms with Crippen LogP contribution >= 0.6 is 0 Å². The van der Waals surface area contributed by atoms with Crippen LogP contribution in [0.3, 0.4) is 0 Å². The molecule has 2 N–H and O–H groups in total. The largest absolute Gasteiger partial charge is 0.388 e. The molecule has 2 aliphatic rings. The molecule has 2 aliphatic heterocycles. The van der Waals surface area contributed by atoms with Crippen LogP contribution in [0.4, 0.5) is 0 Å². The standard InChI is InChI=1S/C12H22N2O3/c1-14(11(15)10-3-2-6-13-10)9-12(16)4-7-17-8-5-12/h10,13,16H,2-9H2,1H3/t10-/m0/s1. The Balaban J connectivity index is 1.86. The lowest BCUT2D eigenvalue weighted by Gasteiger charge is -2.36. The van der Waals surface area contributed by atoms with Gasteiger partial charge in [-0.2, -0.15) is 0 Å². The van der Waals surface area contributed by atoms with E-state index in [0.29, 0.717) is 32.6 Å². The number of likely N-dealkylation sites (N-methyl/N-ethyl adjacent to an activating group) is 1. The molecular formula is C12H22N2O3. The lowest BCUT2D eigenvalue weighted by molar-refractivity contribution is -0.138. The summed E-state index contributed by atoms with van der Waals surface area (Å²) in [7, 11) is 1.77. The highest BCUT2D eigenvalue weighted by Gasteiger charge is 2.34. The van der Waals surface area contributed by atoms with Gasteiger partial charge in [0.2, 0.25) is 5.91 Å². The van der Waals surface area contributed by atoms with E-state index in [4.69, 9.17) is 4.74 Å². The van der Waals surface area contributed by atoms with Gasteiger partial charge in [-0.05, 0) is 19.4 Å². The Labute approximate surface area is 102 Å². The Hall–Kier alpha value is -0.650. The summed E-state index contributed by atoms with van der Waals surface area (Å²) in [6, 6.07) is -0.0524. The molecule has 2 fully saturated rings. The molecule has 2 heterocycles. The number of amides is 1. The number of rotatable bonds is 3. The third kappa shape index (κ3) is 3.18. The van der Waals surface area contributed by atoms with E-state index in [1.807, 2.05) is 0 Å². The number of aliphatic hydroxyl groups is 1. The van der Waals surface area contributed by atoms with E-state index < -0.39 is 5.60 Å². The second-order valence-electron chi connectivity index (χ2n) is 5.18. The zero-order valence-electron chi connectivity index (χ0n) is 10.4. The number of nitrogens with one attached hydrogen (secondary N) is 1. The van der Waals surface area contributed by atoms with Gasteiger partial charge < -0.3 is 20.1 Å². The summed E-state index contributed by atoms with van der Waals surface area (Å²) in [5, 5.41) is 13.5. The van der Waals surface area contributed by atoms with E-state index in [0.717, 1.165) is 19.4 Å². The van der Waals surface area contributed by atoms with Gasteiger partial charge in [0.05, 0.1) is 11.6 Å². The molecule has 0 bridgehead atoms. The van der Waals surface area contributed by atoms with Crippen LogP contribution < -0.4 is 5.32 Å². The summed E-state index contributed by atoms with van der Waals surface area (Å²) in [4.78, 5) is 13.7. The van der Waals surface area contributed by atoms with Gasteiger partial charge in [-0.1, -0.05) is 0 Å². The fourth-order valence-electron chi connectivity index (χ4n) is 2.59. The maximum absolute atomic E-state index is 12.1. The van der Waals surface area contributed by atoms with Crippen LogP contribution in [0.15, 0.2) is 0 Å². The van der Waals surface area contributed by atoms with E-state index in [2.05, 4.69) is 5.32 Å². The van der Waals surface area contributed by atoms with E-state index >= 15 is 0 Å². The highest BCUT2D eigenvalue weighted by molar-refractivity contribution is 5.82. The second kappa shape index (κ2) is 5.33. The molecule has 0 spiro atoms. The van der Waals surface area contributed by atoms with Gasteiger partial charge in [0, 0.05) is 39.6 Å². The second-order valence-corrected chi connectivity index (χ2v) is 5.18. The number of hydrogen-bond acceptors (Lipinski definition) is 4. The molecular weight excluding hydrogens is 220 g/mol. The first-order valence-electron chi connectivity index (χ1n) is 6.39. The average molecular weight is 242 g/mol. The number of carbonyl (C=O) groups is 1. The third-order valence-corrected chi connectivity index (χ3v) is 3.69. The Bertz CT molecular complexity index is 271. The van der Waals surface area contributed by atoms with Gasteiger partial charge in [-0.15, -0.1) is 0 Å². The third-order valence-electron chi connectivity index (χ3n) is 3.69. The van der Waals surface area contributed by atoms with Crippen molar-refractivity contribution < 1.29 is 14.6 Å². The van der Waals surface area contributed by atoms with Crippen LogP contribution in [0, 0.1) is 0 Å². The first-order valence-corrected chi connectivity index (χ1v) is 6.39. The monoisotopic (exact) mass is 242 g/mol. The average Bonchev–Trinajstić information content (AvgIpc) is 2.81. The van der Waals surface area contributed by atoms with E-state index in [1.54, 1.807) is 11.9 Å². The topological polar surface area (TPSA) is 61.8 Å². The minimum Gasteiger partial charge on any atom is -0.388 e.